The Morgan fingerprint density at radius 3 is 2.17 bits per heavy atom. The van der Waals surface area contributed by atoms with Gasteiger partial charge in [-0.15, -0.1) is 0 Å². The molecule has 4 aromatic rings. The number of unbranched alkanes of at least 4 members (excludes halogenated alkanes) is 1. The molecule has 15 heteroatoms. The Morgan fingerprint density at radius 1 is 0.913 bits per heavy atom. The molecule has 0 spiro atoms. The number of carbonyl (C=O) groups is 3. The molecular formula is C31H31N3O11S. The van der Waals surface area contributed by atoms with Crippen molar-refractivity contribution in [3.63, 3.8) is 0 Å². The molecule has 0 aliphatic carbocycles. The van der Waals surface area contributed by atoms with E-state index in [0.717, 1.165) is 16.7 Å². The van der Waals surface area contributed by atoms with Gasteiger partial charge in [0.05, 0.1) is 23.3 Å². The number of hydrogen-bond donors (Lipinski definition) is 3. The van der Waals surface area contributed by atoms with Gasteiger partial charge >= 0.3 is 28.8 Å². The summed E-state index contributed by atoms with van der Waals surface area (Å²) in [4.78, 5) is 35.0. The van der Waals surface area contributed by atoms with Gasteiger partial charge < -0.3 is 30.2 Å². The van der Waals surface area contributed by atoms with Crippen LogP contribution in [0.2, 0.25) is 0 Å². The first-order chi connectivity index (χ1) is 22.1. The van der Waals surface area contributed by atoms with Gasteiger partial charge in [0.15, 0.2) is 6.10 Å². The summed E-state index contributed by atoms with van der Waals surface area (Å²) in [6.45, 7) is -0.238. The van der Waals surface area contributed by atoms with E-state index in [4.69, 9.17) is 14.6 Å². The van der Waals surface area contributed by atoms with E-state index in [1.165, 1.54) is 24.3 Å². The van der Waals surface area contributed by atoms with E-state index in [9.17, 15) is 33.1 Å². The number of amides is 1. The van der Waals surface area contributed by atoms with Gasteiger partial charge in [0.25, 0.3) is 9.84 Å². The SMILES string of the molecule is O=C(O)C(=O)NC(Cc1ccc(-c2ccccc2)cc1)CC(O)C(=O)OCCCCOc1no[n+]([O-])c1S(=O)(=O)c1ccccc1. The number of aliphatic hydroxyl groups is 1. The summed E-state index contributed by atoms with van der Waals surface area (Å²) >= 11 is 0. The van der Waals surface area contributed by atoms with Crippen molar-refractivity contribution in [2.75, 3.05) is 13.2 Å². The van der Waals surface area contributed by atoms with Crippen LogP contribution in [-0.2, 0) is 35.4 Å². The fraction of sp³-hybridized carbons (Fsp3) is 0.258. The van der Waals surface area contributed by atoms with Crippen LogP contribution >= 0.6 is 0 Å². The zero-order valence-electron chi connectivity index (χ0n) is 24.4. The fourth-order valence-electron chi connectivity index (χ4n) is 4.44. The molecule has 3 aromatic carbocycles. The van der Waals surface area contributed by atoms with Crippen LogP contribution in [0.4, 0.5) is 0 Å². The highest BCUT2D eigenvalue weighted by atomic mass is 32.2. The number of ether oxygens (including phenoxy) is 2. The lowest BCUT2D eigenvalue weighted by Gasteiger charge is -2.20. The molecule has 242 valence electrons. The highest BCUT2D eigenvalue weighted by molar-refractivity contribution is 7.91. The van der Waals surface area contributed by atoms with Crippen molar-refractivity contribution >= 4 is 27.7 Å². The van der Waals surface area contributed by atoms with E-state index in [1.807, 2.05) is 54.6 Å². The molecule has 4 rings (SSSR count). The summed E-state index contributed by atoms with van der Waals surface area (Å²) in [6.07, 6.45) is -1.34. The van der Waals surface area contributed by atoms with Crippen molar-refractivity contribution in [2.45, 2.75) is 47.8 Å². The summed E-state index contributed by atoms with van der Waals surface area (Å²) in [6, 6.07) is 23.3. The number of aliphatic hydroxyl groups excluding tert-OH is 1. The topological polar surface area (TPSA) is 209 Å². The third kappa shape index (κ3) is 8.89. The number of aromatic nitrogens is 2. The predicted octanol–water partition coefficient (Wildman–Crippen LogP) is 2.07. The highest BCUT2D eigenvalue weighted by Crippen LogP contribution is 2.25. The second-order valence-electron chi connectivity index (χ2n) is 10.1. The largest absolute Gasteiger partial charge is 0.474 e. The number of carboxylic acid groups (broad SMARTS) is 1. The molecule has 2 atom stereocenters. The molecule has 1 amide bonds. The van der Waals surface area contributed by atoms with E-state index in [2.05, 4.69) is 15.1 Å². The van der Waals surface area contributed by atoms with E-state index in [-0.39, 0.29) is 48.7 Å². The van der Waals surface area contributed by atoms with Crippen molar-refractivity contribution in [3.05, 3.63) is 95.7 Å². The average molecular weight is 654 g/mol. The number of carbonyl (C=O) groups excluding carboxylic acids is 2. The fourth-order valence-corrected chi connectivity index (χ4v) is 5.73. The molecule has 0 fully saturated rings. The maximum Gasteiger partial charge on any atom is 0.414 e. The molecule has 0 bridgehead atoms. The van der Waals surface area contributed by atoms with E-state index in [0.29, 0.717) is 0 Å². The number of hydrogen-bond acceptors (Lipinski definition) is 11. The van der Waals surface area contributed by atoms with Crippen LogP contribution in [0.1, 0.15) is 24.8 Å². The number of esters is 1. The van der Waals surface area contributed by atoms with Crippen LogP contribution in [0.15, 0.2) is 99.5 Å². The van der Waals surface area contributed by atoms with E-state index in [1.54, 1.807) is 6.07 Å². The predicted molar refractivity (Wildman–Crippen MR) is 159 cm³/mol. The summed E-state index contributed by atoms with van der Waals surface area (Å²) in [7, 11) is -4.27. The second kappa shape index (κ2) is 15.6. The number of aliphatic carboxylic acids is 1. The Kier molecular flexibility index (Phi) is 11.4. The Hall–Kier alpha value is -5.28. The van der Waals surface area contributed by atoms with Crippen molar-refractivity contribution in [2.24, 2.45) is 0 Å². The lowest BCUT2D eigenvalue weighted by atomic mass is 9.98. The summed E-state index contributed by atoms with van der Waals surface area (Å²) in [5.74, 6) is -4.48. The molecule has 0 aliphatic heterocycles. The third-order valence-corrected chi connectivity index (χ3v) is 8.45. The normalized spacial score (nSPS) is 12.5. The quantitative estimate of drug-likeness (QED) is 0.0729. The third-order valence-electron chi connectivity index (χ3n) is 6.73. The summed E-state index contributed by atoms with van der Waals surface area (Å²) < 4.78 is 40.5. The standard InChI is InChI=1S/C31H31N3O11S/c35-26(20-24(32-27(36)30(37)38)19-21-13-15-23(16-14-21)22-9-3-1-4-10-22)31(39)44-18-8-7-17-43-28-29(34(40)45-33-28)46(41,42)25-11-5-2-6-12-25/h1-6,9-16,24,26,35H,7-8,17-20H2,(H,32,36)(H,37,38). The summed E-state index contributed by atoms with van der Waals surface area (Å²) in [5, 5.41) is 36.4. The minimum atomic E-state index is -4.27. The van der Waals surface area contributed by atoms with Crippen molar-refractivity contribution in [1.29, 1.82) is 0 Å². The van der Waals surface area contributed by atoms with Crippen molar-refractivity contribution < 1.29 is 52.0 Å². The molecule has 14 nitrogen and oxygen atoms in total. The van der Waals surface area contributed by atoms with Crippen molar-refractivity contribution in [1.82, 2.24) is 10.5 Å². The number of carboxylic acids is 1. The monoisotopic (exact) mass is 653 g/mol. The Bertz CT molecular complexity index is 1730. The maximum absolute atomic E-state index is 12.8. The first-order valence-electron chi connectivity index (χ1n) is 14.1. The zero-order valence-corrected chi connectivity index (χ0v) is 25.2. The number of nitrogens with one attached hydrogen (secondary N) is 1. The number of sulfone groups is 1. The molecular weight excluding hydrogens is 622 g/mol. The lowest BCUT2D eigenvalue weighted by molar-refractivity contribution is -0.832. The number of benzene rings is 3. The van der Waals surface area contributed by atoms with E-state index < -0.39 is 50.7 Å². The molecule has 0 radical (unpaired) electrons. The smallest absolute Gasteiger partial charge is 0.414 e. The molecule has 0 saturated carbocycles. The Labute approximate surface area is 263 Å². The molecule has 3 N–H and O–H groups in total. The van der Waals surface area contributed by atoms with Crippen LogP contribution in [0.25, 0.3) is 11.1 Å². The molecule has 46 heavy (non-hydrogen) atoms. The van der Waals surface area contributed by atoms with Crippen LogP contribution < -0.4 is 15.0 Å². The van der Waals surface area contributed by atoms with Crippen LogP contribution in [-0.4, -0.2) is 67.0 Å². The highest BCUT2D eigenvalue weighted by Gasteiger charge is 2.35. The maximum atomic E-state index is 12.8. The van der Waals surface area contributed by atoms with Gasteiger partial charge in [-0.05, 0) is 53.0 Å². The van der Waals surface area contributed by atoms with Gasteiger partial charge in [-0.2, -0.15) is 0 Å². The lowest BCUT2D eigenvalue weighted by Crippen LogP contribution is -2.43. The van der Waals surface area contributed by atoms with Gasteiger partial charge in [-0.1, -0.05) is 72.8 Å². The Balaban J connectivity index is 1.25. The Morgan fingerprint density at radius 2 is 1.52 bits per heavy atom. The molecule has 1 heterocycles. The van der Waals surface area contributed by atoms with Gasteiger partial charge in [0.1, 0.15) is 0 Å². The van der Waals surface area contributed by atoms with Crippen LogP contribution in [0.3, 0.4) is 0 Å². The van der Waals surface area contributed by atoms with Gasteiger partial charge in [-0.25, -0.2) is 18.0 Å². The van der Waals surface area contributed by atoms with Gasteiger partial charge in [-0.3, -0.25) is 9.42 Å². The average Bonchev–Trinajstić information content (AvgIpc) is 3.44. The van der Waals surface area contributed by atoms with E-state index >= 15 is 0 Å². The second-order valence-corrected chi connectivity index (χ2v) is 11.9. The van der Waals surface area contributed by atoms with Gasteiger partial charge in [0.2, 0.25) is 0 Å². The molecule has 0 aliphatic rings. The zero-order chi connectivity index (χ0) is 33.1. The minimum Gasteiger partial charge on any atom is -0.474 e. The first kappa shape index (κ1) is 33.6. The summed E-state index contributed by atoms with van der Waals surface area (Å²) in [5.41, 5.74) is 2.70. The van der Waals surface area contributed by atoms with Crippen LogP contribution in [0, 0.1) is 5.21 Å². The van der Waals surface area contributed by atoms with Gasteiger partial charge in [0, 0.05) is 12.5 Å². The minimum absolute atomic E-state index is 0.101. The molecule has 0 saturated heterocycles. The van der Waals surface area contributed by atoms with Crippen LogP contribution in [0.5, 0.6) is 5.88 Å². The molecule has 2 unspecified atom stereocenters. The first-order valence-corrected chi connectivity index (χ1v) is 15.6. The van der Waals surface area contributed by atoms with Crippen molar-refractivity contribution in [3.8, 4) is 17.0 Å². The number of nitrogens with zero attached hydrogens (tertiary/aromatic N) is 2. The molecule has 1 aromatic heterocycles. The number of rotatable bonds is 15.